The molecule has 0 aliphatic carbocycles. The van der Waals surface area contributed by atoms with Gasteiger partial charge in [-0.2, -0.15) is 0 Å². The highest BCUT2D eigenvalue weighted by molar-refractivity contribution is 5.81. The smallest absolute Gasteiger partial charge is 0.260 e. The topological polar surface area (TPSA) is 81.9 Å². The summed E-state index contributed by atoms with van der Waals surface area (Å²) in [6.45, 7) is 2.75. The minimum Gasteiger partial charge on any atom is -0.493 e. The fraction of sp³-hybridized carbons (Fsp3) is 0.412. The molecule has 0 spiro atoms. The van der Waals surface area contributed by atoms with E-state index in [-0.39, 0.29) is 24.3 Å². The molecule has 2 N–H and O–H groups in total. The molecular formula is C17H22N2O4. The highest BCUT2D eigenvalue weighted by atomic mass is 16.5. The molecule has 23 heavy (non-hydrogen) atoms. The largest absolute Gasteiger partial charge is 0.493 e. The Balaban J connectivity index is 1.95. The summed E-state index contributed by atoms with van der Waals surface area (Å²) in [5.74, 6) is 0.314. The number of rotatable bonds is 6. The summed E-state index contributed by atoms with van der Waals surface area (Å²) in [6, 6.07) is 5.51. The fourth-order valence-electron chi connectivity index (χ4n) is 2.55. The second-order valence-electron chi connectivity index (χ2n) is 5.43. The van der Waals surface area contributed by atoms with Crippen molar-refractivity contribution in [3.8, 4) is 11.5 Å². The van der Waals surface area contributed by atoms with Crippen LogP contribution in [0.25, 0.3) is 6.08 Å². The van der Waals surface area contributed by atoms with Gasteiger partial charge in [0, 0.05) is 13.1 Å². The van der Waals surface area contributed by atoms with Gasteiger partial charge in [0.2, 0.25) is 5.91 Å². The number of likely N-dealkylation sites (tertiary alicyclic amines) is 1. The Morgan fingerprint density at radius 1 is 1.39 bits per heavy atom. The highest BCUT2D eigenvalue weighted by Gasteiger charge is 2.29. The van der Waals surface area contributed by atoms with E-state index < -0.39 is 0 Å². The molecule has 1 atom stereocenters. The lowest BCUT2D eigenvalue weighted by Gasteiger charge is -2.17. The fourth-order valence-corrected chi connectivity index (χ4v) is 2.55. The molecule has 1 aromatic carbocycles. The van der Waals surface area contributed by atoms with Gasteiger partial charge < -0.3 is 20.1 Å². The number of benzene rings is 1. The van der Waals surface area contributed by atoms with Crippen molar-refractivity contribution in [3.63, 3.8) is 0 Å². The molecule has 6 nitrogen and oxygen atoms in total. The lowest BCUT2D eigenvalue weighted by atomic mass is 10.1. The van der Waals surface area contributed by atoms with Gasteiger partial charge in [0.25, 0.3) is 5.91 Å². The minimum absolute atomic E-state index is 0.0925. The molecule has 0 saturated carbocycles. The third-order valence-corrected chi connectivity index (χ3v) is 3.84. The summed E-state index contributed by atoms with van der Waals surface area (Å²) in [5.41, 5.74) is 6.26. The van der Waals surface area contributed by atoms with E-state index in [2.05, 4.69) is 0 Å². The average Bonchev–Trinajstić information content (AvgIpc) is 3.03. The van der Waals surface area contributed by atoms with Gasteiger partial charge in [-0.3, -0.25) is 9.59 Å². The van der Waals surface area contributed by atoms with Crippen molar-refractivity contribution in [2.75, 3.05) is 26.8 Å². The zero-order valence-corrected chi connectivity index (χ0v) is 13.5. The number of nitrogens with two attached hydrogens (primary N) is 1. The van der Waals surface area contributed by atoms with Gasteiger partial charge >= 0.3 is 0 Å². The number of allylic oxidation sites excluding steroid dienone is 1. The Hall–Kier alpha value is -2.50. The van der Waals surface area contributed by atoms with Crippen molar-refractivity contribution in [1.29, 1.82) is 0 Å². The molecule has 1 aliphatic rings. The number of carbonyl (C=O) groups is 2. The van der Waals surface area contributed by atoms with Crippen LogP contribution in [0.1, 0.15) is 18.9 Å². The first-order valence-corrected chi connectivity index (χ1v) is 7.55. The standard InChI is InChI=1S/C17H22N2O4/c1-3-4-12-5-6-14(15(9-12)22-2)23-11-16(20)19-8-7-13(10-19)17(18)21/h3-6,9,13H,7-8,10-11H2,1-2H3,(H2,18,21)/b4-3+/t13-/m1/s1. The summed E-state index contributed by atoms with van der Waals surface area (Å²) in [6.07, 6.45) is 4.50. The lowest BCUT2D eigenvalue weighted by Crippen LogP contribution is -2.34. The van der Waals surface area contributed by atoms with E-state index in [0.717, 1.165) is 5.56 Å². The van der Waals surface area contributed by atoms with Gasteiger partial charge in [0.05, 0.1) is 13.0 Å². The van der Waals surface area contributed by atoms with Crippen LogP contribution in [0, 0.1) is 5.92 Å². The third-order valence-electron chi connectivity index (χ3n) is 3.84. The van der Waals surface area contributed by atoms with Crippen LogP contribution in [0.2, 0.25) is 0 Å². The van der Waals surface area contributed by atoms with E-state index in [1.807, 2.05) is 31.2 Å². The molecule has 124 valence electrons. The number of methoxy groups -OCH3 is 1. The first-order chi connectivity index (χ1) is 11.0. The van der Waals surface area contributed by atoms with Gasteiger partial charge in [-0.1, -0.05) is 18.2 Å². The maximum Gasteiger partial charge on any atom is 0.260 e. The summed E-state index contributed by atoms with van der Waals surface area (Å²) >= 11 is 0. The number of nitrogens with zero attached hydrogens (tertiary/aromatic N) is 1. The van der Waals surface area contributed by atoms with Crippen molar-refractivity contribution in [1.82, 2.24) is 4.90 Å². The maximum atomic E-state index is 12.2. The lowest BCUT2D eigenvalue weighted by molar-refractivity contribution is -0.132. The van der Waals surface area contributed by atoms with Crippen molar-refractivity contribution in [3.05, 3.63) is 29.8 Å². The summed E-state index contributed by atoms with van der Waals surface area (Å²) in [7, 11) is 1.56. The molecule has 1 aliphatic heterocycles. The average molecular weight is 318 g/mol. The molecule has 6 heteroatoms. The van der Waals surface area contributed by atoms with Crippen LogP contribution in [0.4, 0.5) is 0 Å². The first-order valence-electron chi connectivity index (χ1n) is 7.55. The van der Waals surface area contributed by atoms with Gasteiger partial charge in [0.15, 0.2) is 18.1 Å². The van der Waals surface area contributed by atoms with Crippen LogP contribution in [0.15, 0.2) is 24.3 Å². The van der Waals surface area contributed by atoms with Crippen LogP contribution in [0.5, 0.6) is 11.5 Å². The zero-order valence-electron chi connectivity index (χ0n) is 13.5. The molecule has 1 saturated heterocycles. The molecule has 1 fully saturated rings. The molecule has 0 aromatic heterocycles. The molecule has 2 rings (SSSR count). The maximum absolute atomic E-state index is 12.2. The SMILES string of the molecule is C/C=C/c1ccc(OCC(=O)N2CC[C@@H](C(N)=O)C2)c(OC)c1. The predicted octanol–water partition coefficient (Wildman–Crippen LogP) is 1.44. The van der Waals surface area contributed by atoms with Gasteiger partial charge in [-0.25, -0.2) is 0 Å². The molecule has 1 aromatic rings. The van der Waals surface area contributed by atoms with Crippen LogP contribution >= 0.6 is 0 Å². The van der Waals surface area contributed by atoms with E-state index in [1.165, 1.54) is 0 Å². The number of primary amides is 1. The number of amides is 2. The van der Waals surface area contributed by atoms with Gasteiger partial charge in [-0.15, -0.1) is 0 Å². The number of ether oxygens (including phenoxy) is 2. The van der Waals surface area contributed by atoms with Gasteiger partial charge in [-0.05, 0) is 31.0 Å². The molecule has 2 amide bonds. The summed E-state index contributed by atoms with van der Waals surface area (Å²) in [5, 5.41) is 0. The summed E-state index contributed by atoms with van der Waals surface area (Å²) in [4.78, 5) is 24.9. The van der Waals surface area contributed by atoms with Crippen molar-refractivity contribution in [2.45, 2.75) is 13.3 Å². The van der Waals surface area contributed by atoms with Crippen molar-refractivity contribution in [2.24, 2.45) is 11.7 Å². The first kappa shape index (κ1) is 16.9. The van der Waals surface area contributed by atoms with Crippen molar-refractivity contribution < 1.29 is 19.1 Å². The van der Waals surface area contributed by atoms with Gasteiger partial charge in [0.1, 0.15) is 0 Å². The second-order valence-corrected chi connectivity index (χ2v) is 5.43. The normalized spacial score (nSPS) is 17.5. The van der Waals surface area contributed by atoms with Crippen LogP contribution in [-0.2, 0) is 9.59 Å². The Labute approximate surface area is 135 Å². The number of hydrogen-bond donors (Lipinski definition) is 1. The number of hydrogen-bond acceptors (Lipinski definition) is 4. The Kier molecular flexibility index (Phi) is 5.62. The molecule has 0 radical (unpaired) electrons. The zero-order chi connectivity index (χ0) is 16.8. The van der Waals surface area contributed by atoms with E-state index >= 15 is 0 Å². The molecular weight excluding hydrogens is 296 g/mol. The van der Waals surface area contributed by atoms with E-state index in [4.69, 9.17) is 15.2 Å². The molecule has 1 heterocycles. The second kappa shape index (κ2) is 7.67. The Morgan fingerprint density at radius 3 is 2.78 bits per heavy atom. The highest BCUT2D eigenvalue weighted by Crippen LogP contribution is 2.28. The molecule has 0 unspecified atom stereocenters. The monoisotopic (exact) mass is 318 g/mol. The van der Waals surface area contributed by atoms with Crippen LogP contribution < -0.4 is 15.2 Å². The Bertz CT molecular complexity index is 613. The van der Waals surface area contributed by atoms with E-state index in [9.17, 15) is 9.59 Å². The van der Waals surface area contributed by atoms with Crippen molar-refractivity contribution >= 4 is 17.9 Å². The number of carbonyl (C=O) groups excluding carboxylic acids is 2. The predicted molar refractivity (Wildman–Crippen MR) is 87.1 cm³/mol. The van der Waals surface area contributed by atoms with Crippen LogP contribution in [0.3, 0.4) is 0 Å². The molecule has 0 bridgehead atoms. The van der Waals surface area contributed by atoms with E-state index in [1.54, 1.807) is 18.1 Å². The minimum atomic E-state index is -0.359. The Morgan fingerprint density at radius 2 is 2.17 bits per heavy atom. The van der Waals surface area contributed by atoms with E-state index in [0.29, 0.717) is 31.0 Å². The van der Waals surface area contributed by atoms with Crippen LogP contribution in [-0.4, -0.2) is 43.5 Å². The third kappa shape index (κ3) is 4.25. The quantitative estimate of drug-likeness (QED) is 0.860. The summed E-state index contributed by atoms with van der Waals surface area (Å²) < 4.78 is 10.9.